The van der Waals surface area contributed by atoms with Crippen molar-refractivity contribution >= 4 is 70.1 Å². The summed E-state index contributed by atoms with van der Waals surface area (Å²) in [6.45, 7) is 0. The molecule has 0 radical (unpaired) electrons. The average Bonchev–Trinajstić information content (AvgIpc) is 3.76. The van der Waals surface area contributed by atoms with Crippen LogP contribution in [0.3, 0.4) is 0 Å². The largest absolute Gasteiger partial charge is 0.309 e. The summed E-state index contributed by atoms with van der Waals surface area (Å²) in [7, 11) is 0. The summed E-state index contributed by atoms with van der Waals surface area (Å²) < 4.78 is 2.62. The number of thiophene rings is 1. The Labute approximate surface area is 379 Å². The smallest absolute Gasteiger partial charge is 0.0546 e. The van der Waals surface area contributed by atoms with Crippen molar-refractivity contribution in [3.05, 3.63) is 224 Å². The topological polar surface area (TPSA) is 3.24 Å². The van der Waals surface area contributed by atoms with Crippen molar-refractivity contribution in [2.45, 2.75) is 38.0 Å². The van der Waals surface area contributed by atoms with Gasteiger partial charge in [0.15, 0.2) is 0 Å². The van der Waals surface area contributed by atoms with E-state index in [0.717, 1.165) is 17.1 Å². The van der Waals surface area contributed by atoms with E-state index in [9.17, 15) is 0 Å². The highest BCUT2D eigenvalue weighted by molar-refractivity contribution is 7.26. The summed E-state index contributed by atoms with van der Waals surface area (Å²) in [4.78, 5) is 2.59. The second kappa shape index (κ2) is 16.5. The van der Waals surface area contributed by atoms with E-state index >= 15 is 0 Å². The van der Waals surface area contributed by atoms with Crippen LogP contribution in [-0.2, 0) is 0 Å². The number of para-hydroxylation sites is 2. The van der Waals surface area contributed by atoms with Gasteiger partial charge in [-0.15, -0.1) is 11.3 Å². The molecule has 10 aromatic carbocycles. The first-order chi connectivity index (χ1) is 31.8. The third-order valence-electron chi connectivity index (χ3n) is 13.7. The SMILES string of the molecule is c1ccc(-c2ccc(-c3cccc4ccccc34)cc2N(c2ccccc2-c2cccc3c2sc2ccccc23)c2ccccc2-c2cccc3cccc(C4CCCCC4)c23)cc1. The molecule has 1 aliphatic carbocycles. The van der Waals surface area contributed by atoms with Crippen molar-refractivity contribution in [2.75, 3.05) is 4.90 Å². The highest BCUT2D eigenvalue weighted by atomic mass is 32.1. The zero-order chi connectivity index (χ0) is 42.4. The lowest BCUT2D eigenvalue weighted by Gasteiger charge is -2.32. The van der Waals surface area contributed by atoms with Gasteiger partial charge in [0.2, 0.25) is 0 Å². The Bertz CT molecular complexity index is 3490. The third-order valence-corrected chi connectivity index (χ3v) is 14.9. The quantitative estimate of drug-likeness (QED) is 0.147. The average molecular weight is 838 g/mol. The maximum atomic E-state index is 2.59. The molecule has 1 heterocycles. The van der Waals surface area contributed by atoms with Crippen molar-refractivity contribution < 1.29 is 0 Å². The van der Waals surface area contributed by atoms with Gasteiger partial charge in [-0.3, -0.25) is 0 Å². The van der Waals surface area contributed by atoms with Crippen LogP contribution in [-0.4, -0.2) is 0 Å². The first kappa shape index (κ1) is 38.4. The molecular formula is C62H47NS. The van der Waals surface area contributed by atoms with Gasteiger partial charge in [0.1, 0.15) is 0 Å². The zero-order valence-electron chi connectivity index (χ0n) is 35.8. The maximum Gasteiger partial charge on any atom is 0.0546 e. The maximum absolute atomic E-state index is 2.59. The highest BCUT2D eigenvalue weighted by Gasteiger charge is 2.27. The molecule has 1 nitrogen and oxygen atoms in total. The molecule has 0 unspecified atom stereocenters. The summed E-state index contributed by atoms with van der Waals surface area (Å²) in [5.74, 6) is 0.562. The van der Waals surface area contributed by atoms with E-state index in [0.29, 0.717) is 5.92 Å². The number of anilines is 3. The van der Waals surface area contributed by atoms with Gasteiger partial charge in [-0.05, 0) is 92.4 Å². The Morgan fingerprint density at radius 3 is 1.75 bits per heavy atom. The van der Waals surface area contributed by atoms with Crippen LogP contribution in [0.25, 0.3) is 86.2 Å². The van der Waals surface area contributed by atoms with E-state index in [2.05, 4.69) is 223 Å². The Balaban J connectivity index is 1.18. The number of fused-ring (bicyclic) bond motifs is 5. The number of hydrogen-bond donors (Lipinski definition) is 0. The Hall–Kier alpha value is -7.26. The monoisotopic (exact) mass is 837 g/mol. The highest BCUT2D eigenvalue weighted by Crippen LogP contribution is 2.52. The molecule has 0 aliphatic heterocycles. The summed E-state index contributed by atoms with van der Waals surface area (Å²) in [5.41, 5.74) is 14.6. The van der Waals surface area contributed by atoms with Gasteiger partial charge < -0.3 is 4.90 Å². The summed E-state index contributed by atoms with van der Waals surface area (Å²) in [5, 5.41) is 7.79. The van der Waals surface area contributed by atoms with Gasteiger partial charge in [-0.1, -0.05) is 213 Å². The van der Waals surface area contributed by atoms with Gasteiger partial charge in [0.05, 0.1) is 17.1 Å². The molecule has 0 bridgehead atoms. The van der Waals surface area contributed by atoms with Crippen LogP contribution in [0, 0.1) is 0 Å². The summed E-state index contributed by atoms with van der Waals surface area (Å²) in [6, 6.07) is 81.5. The molecule has 0 atom stereocenters. The standard InChI is InChI=1S/C62H47NS/c1-3-19-43(20-4-1)49-40-39-46(48-31-15-24-42-23-7-8-27-47(42)48)41-59(49)63(58-37-13-10-29-52(58)55-34-18-35-56-53-30-11-14-38-60(53)64-62(55)56)57-36-12-9-28-51(57)54-33-17-26-45-25-16-32-50(61(45)54)44-21-5-2-6-22-44/h1,3-4,7-20,23-41,44H,2,5-6,21-22H2. The van der Waals surface area contributed by atoms with Gasteiger partial charge in [-0.25, -0.2) is 0 Å². The fourth-order valence-corrected chi connectivity index (χ4v) is 11.9. The van der Waals surface area contributed by atoms with E-state index in [1.807, 2.05) is 11.3 Å². The molecule has 1 fully saturated rings. The molecule has 0 amide bonds. The number of benzene rings is 10. The van der Waals surface area contributed by atoms with Gasteiger partial charge in [0, 0.05) is 42.4 Å². The number of hydrogen-bond acceptors (Lipinski definition) is 2. The minimum atomic E-state index is 0.562. The van der Waals surface area contributed by atoms with Crippen LogP contribution in [0.5, 0.6) is 0 Å². The van der Waals surface area contributed by atoms with E-state index in [-0.39, 0.29) is 0 Å². The molecule has 0 spiro atoms. The first-order valence-electron chi connectivity index (χ1n) is 22.9. The molecule has 0 saturated heterocycles. The van der Waals surface area contributed by atoms with Crippen LogP contribution >= 0.6 is 11.3 Å². The molecular weight excluding hydrogens is 791 g/mol. The van der Waals surface area contributed by atoms with Crippen molar-refractivity contribution in [3.8, 4) is 44.5 Å². The van der Waals surface area contributed by atoms with E-state index in [4.69, 9.17) is 0 Å². The molecule has 64 heavy (non-hydrogen) atoms. The van der Waals surface area contributed by atoms with Crippen molar-refractivity contribution in [3.63, 3.8) is 0 Å². The van der Waals surface area contributed by atoms with Crippen molar-refractivity contribution in [1.82, 2.24) is 0 Å². The lowest BCUT2D eigenvalue weighted by Crippen LogP contribution is -2.14. The Morgan fingerprint density at radius 2 is 0.938 bits per heavy atom. The lowest BCUT2D eigenvalue weighted by atomic mass is 9.80. The molecule has 1 aliphatic rings. The third kappa shape index (κ3) is 6.69. The van der Waals surface area contributed by atoms with E-state index in [1.54, 1.807) is 0 Å². The van der Waals surface area contributed by atoms with Gasteiger partial charge in [-0.2, -0.15) is 0 Å². The predicted molar refractivity (Wildman–Crippen MR) is 277 cm³/mol. The van der Waals surface area contributed by atoms with Crippen LogP contribution in [0.2, 0.25) is 0 Å². The molecule has 306 valence electrons. The van der Waals surface area contributed by atoms with Gasteiger partial charge >= 0.3 is 0 Å². The normalized spacial score (nSPS) is 13.2. The first-order valence-corrected chi connectivity index (χ1v) is 23.7. The van der Waals surface area contributed by atoms with E-state index < -0.39 is 0 Å². The molecule has 2 heteroatoms. The minimum Gasteiger partial charge on any atom is -0.309 e. The van der Waals surface area contributed by atoms with Crippen LogP contribution in [0.1, 0.15) is 43.6 Å². The second-order valence-electron chi connectivity index (χ2n) is 17.4. The minimum absolute atomic E-state index is 0.562. The van der Waals surface area contributed by atoms with Crippen LogP contribution in [0.15, 0.2) is 218 Å². The second-order valence-corrected chi connectivity index (χ2v) is 18.4. The fraction of sp³-hybridized carbons (Fsp3) is 0.0968. The number of nitrogens with zero attached hydrogens (tertiary/aromatic N) is 1. The Morgan fingerprint density at radius 1 is 0.359 bits per heavy atom. The number of rotatable bonds is 8. The molecule has 1 saturated carbocycles. The zero-order valence-corrected chi connectivity index (χ0v) is 36.6. The van der Waals surface area contributed by atoms with Crippen LogP contribution < -0.4 is 4.90 Å². The predicted octanol–water partition coefficient (Wildman–Crippen LogP) is 18.5. The molecule has 12 rings (SSSR count). The summed E-state index contributed by atoms with van der Waals surface area (Å²) in [6.07, 6.45) is 6.43. The molecule has 1 aromatic heterocycles. The molecule has 11 aromatic rings. The summed E-state index contributed by atoms with van der Waals surface area (Å²) >= 11 is 1.89. The fourth-order valence-electron chi connectivity index (χ4n) is 10.7. The van der Waals surface area contributed by atoms with Gasteiger partial charge in [0.25, 0.3) is 0 Å². The van der Waals surface area contributed by atoms with Crippen molar-refractivity contribution in [2.24, 2.45) is 0 Å². The molecule has 0 N–H and O–H groups in total. The van der Waals surface area contributed by atoms with Crippen molar-refractivity contribution in [1.29, 1.82) is 0 Å². The van der Waals surface area contributed by atoms with Crippen LogP contribution in [0.4, 0.5) is 17.1 Å². The van der Waals surface area contributed by atoms with E-state index in [1.165, 1.54) is 124 Å². The Kier molecular flexibility index (Phi) is 9.88. The lowest BCUT2D eigenvalue weighted by molar-refractivity contribution is 0.445.